The molecule has 0 radical (unpaired) electrons. The Morgan fingerprint density at radius 2 is 1.92 bits per heavy atom. The van der Waals surface area contributed by atoms with Gasteiger partial charge in [-0.1, -0.05) is 29.3 Å². The zero-order valence-corrected chi connectivity index (χ0v) is 14.4. The number of halogens is 1. The first-order valence-electron chi connectivity index (χ1n) is 8.10. The van der Waals surface area contributed by atoms with E-state index in [0.29, 0.717) is 17.2 Å². The van der Waals surface area contributed by atoms with Gasteiger partial charge in [0.2, 0.25) is 0 Å². The summed E-state index contributed by atoms with van der Waals surface area (Å²) >= 11 is 6.03. The van der Waals surface area contributed by atoms with E-state index < -0.39 is 0 Å². The number of aryl methyl sites for hydroxylation is 2. The van der Waals surface area contributed by atoms with Crippen molar-refractivity contribution in [2.45, 2.75) is 26.3 Å². The molecule has 3 nitrogen and oxygen atoms in total. The smallest absolute Gasteiger partial charge is 0.152 e. The molecule has 0 aliphatic heterocycles. The van der Waals surface area contributed by atoms with E-state index in [2.05, 4.69) is 11.5 Å². The van der Waals surface area contributed by atoms with Crippen LogP contribution in [0.5, 0.6) is 5.75 Å². The van der Waals surface area contributed by atoms with Crippen molar-refractivity contribution in [1.82, 2.24) is 4.57 Å². The molecule has 2 aromatic carbocycles. The van der Waals surface area contributed by atoms with Crippen LogP contribution in [0, 0.1) is 6.92 Å². The molecular formula is C20H20ClNO2. The van der Waals surface area contributed by atoms with Crippen LogP contribution in [-0.4, -0.2) is 17.5 Å². The minimum Gasteiger partial charge on any atom is -0.494 e. The molecule has 0 atom stereocenters. The second kappa shape index (κ2) is 7.54. The zero-order chi connectivity index (χ0) is 16.9. The van der Waals surface area contributed by atoms with Crippen LogP contribution >= 0.6 is 11.6 Å². The first-order valence-corrected chi connectivity index (χ1v) is 8.48. The fourth-order valence-corrected chi connectivity index (χ4v) is 2.96. The van der Waals surface area contributed by atoms with E-state index >= 15 is 0 Å². The van der Waals surface area contributed by atoms with Crippen LogP contribution in [0.2, 0.25) is 5.02 Å². The largest absolute Gasteiger partial charge is 0.494 e. The van der Waals surface area contributed by atoms with Gasteiger partial charge in [0.05, 0.1) is 6.61 Å². The second-order valence-electron chi connectivity index (χ2n) is 5.93. The van der Waals surface area contributed by atoms with Gasteiger partial charge in [-0.05, 0) is 50.1 Å². The van der Waals surface area contributed by atoms with Gasteiger partial charge in [-0.25, -0.2) is 0 Å². The quantitative estimate of drug-likeness (QED) is 0.432. The molecule has 124 valence electrons. The van der Waals surface area contributed by atoms with E-state index in [9.17, 15) is 4.79 Å². The highest BCUT2D eigenvalue weighted by molar-refractivity contribution is 6.31. The molecule has 24 heavy (non-hydrogen) atoms. The lowest BCUT2D eigenvalue weighted by atomic mass is 10.2. The fourth-order valence-electron chi connectivity index (χ4n) is 2.78. The number of hydrogen-bond acceptors (Lipinski definition) is 2. The van der Waals surface area contributed by atoms with Crippen molar-refractivity contribution in [1.29, 1.82) is 0 Å². The maximum Gasteiger partial charge on any atom is 0.152 e. The Balaban J connectivity index is 1.56. The van der Waals surface area contributed by atoms with Crippen LogP contribution in [0.4, 0.5) is 0 Å². The zero-order valence-electron chi connectivity index (χ0n) is 13.7. The highest BCUT2D eigenvalue weighted by Gasteiger charge is 2.08. The van der Waals surface area contributed by atoms with Gasteiger partial charge in [0.1, 0.15) is 5.75 Å². The third-order valence-electron chi connectivity index (χ3n) is 4.08. The van der Waals surface area contributed by atoms with E-state index in [1.165, 1.54) is 5.56 Å². The van der Waals surface area contributed by atoms with Gasteiger partial charge in [0.15, 0.2) is 6.29 Å². The lowest BCUT2D eigenvalue weighted by Gasteiger charge is -2.08. The highest BCUT2D eigenvalue weighted by Crippen LogP contribution is 2.24. The van der Waals surface area contributed by atoms with E-state index in [0.717, 1.165) is 42.3 Å². The number of aromatic nitrogens is 1. The first kappa shape index (κ1) is 16.6. The van der Waals surface area contributed by atoms with Gasteiger partial charge >= 0.3 is 0 Å². The number of rotatable bonds is 7. The first-order chi connectivity index (χ1) is 11.7. The van der Waals surface area contributed by atoms with Crippen molar-refractivity contribution in [2.75, 3.05) is 6.61 Å². The molecular weight excluding hydrogens is 322 g/mol. The molecule has 4 heteroatoms. The lowest BCUT2D eigenvalue weighted by molar-refractivity contribution is 0.112. The number of ether oxygens (including phenoxy) is 1. The molecule has 0 unspecified atom stereocenters. The molecule has 0 fully saturated rings. The van der Waals surface area contributed by atoms with Crippen molar-refractivity contribution >= 4 is 28.8 Å². The standard InChI is InChI=1S/C20H20ClNO2/c1-15-4-7-18(8-5-15)24-11-3-2-10-22-13-16(14-23)19-12-17(21)6-9-20(19)22/h4-9,12-14H,2-3,10-11H2,1H3. The maximum absolute atomic E-state index is 11.2. The maximum atomic E-state index is 11.2. The summed E-state index contributed by atoms with van der Waals surface area (Å²) in [4.78, 5) is 11.2. The molecule has 0 saturated heterocycles. The van der Waals surface area contributed by atoms with Crippen LogP contribution < -0.4 is 4.74 Å². The predicted octanol–water partition coefficient (Wildman–Crippen LogP) is 5.27. The van der Waals surface area contributed by atoms with Crippen LogP contribution in [0.15, 0.2) is 48.7 Å². The fraction of sp³-hybridized carbons (Fsp3) is 0.250. The van der Waals surface area contributed by atoms with E-state index in [-0.39, 0.29) is 0 Å². The average Bonchev–Trinajstić information content (AvgIpc) is 2.93. The Labute approximate surface area is 146 Å². The summed E-state index contributed by atoms with van der Waals surface area (Å²) in [5, 5.41) is 1.56. The number of benzene rings is 2. The summed E-state index contributed by atoms with van der Waals surface area (Å²) in [6.45, 7) is 3.60. The second-order valence-corrected chi connectivity index (χ2v) is 6.36. The molecule has 3 aromatic rings. The van der Waals surface area contributed by atoms with Gasteiger partial charge in [-0.15, -0.1) is 0 Å². The Bertz CT molecular complexity index is 837. The Morgan fingerprint density at radius 3 is 2.67 bits per heavy atom. The SMILES string of the molecule is Cc1ccc(OCCCCn2cc(C=O)c3cc(Cl)ccc32)cc1. The molecule has 0 amide bonds. The van der Waals surface area contributed by atoms with Gasteiger partial charge < -0.3 is 9.30 Å². The number of fused-ring (bicyclic) bond motifs is 1. The van der Waals surface area contributed by atoms with E-state index in [1.807, 2.05) is 48.7 Å². The van der Waals surface area contributed by atoms with Crippen molar-refractivity contribution < 1.29 is 9.53 Å². The molecule has 0 bridgehead atoms. The molecule has 0 N–H and O–H groups in total. The molecule has 0 aliphatic carbocycles. The molecule has 0 saturated carbocycles. The van der Waals surface area contributed by atoms with E-state index in [4.69, 9.17) is 16.3 Å². The van der Waals surface area contributed by atoms with Gasteiger partial charge in [-0.3, -0.25) is 4.79 Å². The van der Waals surface area contributed by atoms with Crippen LogP contribution in [0.25, 0.3) is 10.9 Å². The molecule has 1 aromatic heterocycles. The number of aldehydes is 1. The van der Waals surface area contributed by atoms with E-state index in [1.54, 1.807) is 0 Å². The molecule has 3 rings (SSSR count). The minimum absolute atomic E-state index is 0.648. The highest BCUT2D eigenvalue weighted by atomic mass is 35.5. The summed E-state index contributed by atoms with van der Waals surface area (Å²) in [6, 6.07) is 13.8. The number of hydrogen-bond donors (Lipinski definition) is 0. The lowest BCUT2D eigenvalue weighted by Crippen LogP contribution is -2.01. The van der Waals surface area contributed by atoms with Crippen molar-refractivity contribution in [3.8, 4) is 5.75 Å². The van der Waals surface area contributed by atoms with Gasteiger partial charge in [0, 0.05) is 34.2 Å². The number of carbonyl (C=O) groups is 1. The number of unbranched alkanes of at least 4 members (excludes halogenated alkanes) is 1. The third kappa shape index (κ3) is 3.80. The number of nitrogens with zero attached hydrogens (tertiary/aromatic N) is 1. The summed E-state index contributed by atoms with van der Waals surface area (Å²) < 4.78 is 7.86. The summed E-state index contributed by atoms with van der Waals surface area (Å²) in [5.74, 6) is 0.907. The van der Waals surface area contributed by atoms with Crippen LogP contribution in [-0.2, 0) is 6.54 Å². The van der Waals surface area contributed by atoms with Gasteiger partial charge in [0.25, 0.3) is 0 Å². The normalized spacial score (nSPS) is 10.9. The topological polar surface area (TPSA) is 31.2 Å². The predicted molar refractivity (Wildman–Crippen MR) is 98.2 cm³/mol. The molecule has 0 spiro atoms. The monoisotopic (exact) mass is 341 g/mol. The summed E-state index contributed by atoms with van der Waals surface area (Å²) in [5.41, 5.74) is 2.96. The third-order valence-corrected chi connectivity index (χ3v) is 4.32. The van der Waals surface area contributed by atoms with Crippen LogP contribution in [0.1, 0.15) is 28.8 Å². The molecule has 1 heterocycles. The summed E-state index contributed by atoms with van der Waals surface area (Å²) in [6.07, 6.45) is 4.72. The average molecular weight is 342 g/mol. The number of carbonyl (C=O) groups excluding carboxylic acids is 1. The van der Waals surface area contributed by atoms with Gasteiger partial charge in [-0.2, -0.15) is 0 Å². The Hall–Kier alpha value is -2.26. The molecule has 0 aliphatic rings. The van der Waals surface area contributed by atoms with Crippen LogP contribution in [0.3, 0.4) is 0 Å². The Kier molecular flexibility index (Phi) is 5.21. The Morgan fingerprint density at radius 1 is 1.12 bits per heavy atom. The van der Waals surface area contributed by atoms with Crippen molar-refractivity contribution in [2.24, 2.45) is 0 Å². The van der Waals surface area contributed by atoms with Crippen molar-refractivity contribution in [3.05, 3.63) is 64.8 Å². The van der Waals surface area contributed by atoms with Crippen molar-refractivity contribution in [3.63, 3.8) is 0 Å². The summed E-state index contributed by atoms with van der Waals surface area (Å²) in [7, 11) is 0. The minimum atomic E-state index is 0.648.